The van der Waals surface area contributed by atoms with Crippen LogP contribution in [0, 0.1) is 13.8 Å². The van der Waals surface area contributed by atoms with E-state index in [1.807, 2.05) is 22.7 Å². The van der Waals surface area contributed by atoms with E-state index < -0.39 is 0 Å². The summed E-state index contributed by atoms with van der Waals surface area (Å²) in [4.78, 5) is 4.20. The van der Waals surface area contributed by atoms with Crippen molar-refractivity contribution in [3.8, 4) is 9.75 Å². The largest absolute Gasteiger partial charge is 0.143 e. The van der Waals surface area contributed by atoms with Gasteiger partial charge in [0.15, 0.2) is 0 Å². The highest BCUT2D eigenvalue weighted by Gasteiger charge is 2.06. The minimum Gasteiger partial charge on any atom is -0.143 e. The van der Waals surface area contributed by atoms with Crippen LogP contribution in [0.3, 0.4) is 0 Å². The molecule has 2 heterocycles. The second-order valence-corrected chi connectivity index (χ2v) is 6.97. The van der Waals surface area contributed by atoms with Crippen molar-refractivity contribution in [3.63, 3.8) is 0 Å². The number of benzene rings is 1. The van der Waals surface area contributed by atoms with E-state index in [1.165, 1.54) is 31.3 Å². The summed E-state index contributed by atoms with van der Waals surface area (Å²) in [6.07, 6.45) is 1.05. The molecule has 0 N–H and O–H groups in total. The molecule has 2 heteroatoms. The highest BCUT2D eigenvalue weighted by Crippen LogP contribution is 2.32. The summed E-state index contributed by atoms with van der Waals surface area (Å²) in [6.45, 7) is 4.36. The first kappa shape index (κ1) is 12.6. The SMILES string of the molecule is Cc1ccc(C)c(Cc2ccc(-c3cccs3)s2)c1. The lowest BCUT2D eigenvalue weighted by molar-refractivity contribution is 1.18. The smallest absolute Gasteiger partial charge is 0.0445 e. The summed E-state index contributed by atoms with van der Waals surface area (Å²) in [5.74, 6) is 0. The summed E-state index contributed by atoms with van der Waals surface area (Å²) < 4.78 is 0. The molecule has 0 bridgehead atoms. The van der Waals surface area contributed by atoms with Crippen molar-refractivity contribution in [1.82, 2.24) is 0 Å². The van der Waals surface area contributed by atoms with Gasteiger partial charge in [0.05, 0.1) is 0 Å². The van der Waals surface area contributed by atoms with Crippen LogP contribution < -0.4 is 0 Å². The third-order valence-electron chi connectivity index (χ3n) is 3.29. The molecule has 0 aliphatic carbocycles. The maximum absolute atomic E-state index is 2.31. The molecule has 19 heavy (non-hydrogen) atoms. The Morgan fingerprint density at radius 3 is 2.63 bits per heavy atom. The first-order valence-electron chi connectivity index (χ1n) is 6.41. The Morgan fingerprint density at radius 2 is 1.84 bits per heavy atom. The van der Waals surface area contributed by atoms with Crippen LogP contribution in [-0.2, 0) is 6.42 Å². The zero-order valence-corrected chi connectivity index (χ0v) is 12.8. The summed E-state index contributed by atoms with van der Waals surface area (Å²) in [7, 11) is 0. The molecule has 0 aliphatic rings. The molecule has 0 radical (unpaired) electrons. The summed E-state index contributed by atoms with van der Waals surface area (Å²) in [5.41, 5.74) is 4.17. The maximum atomic E-state index is 2.31. The molecular weight excluding hydrogens is 268 g/mol. The van der Waals surface area contributed by atoms with Gasteiger partial charge in [-0.05, 0) is 48.6 Å². The molecule has 2 aromatic heterocycles. The quantitative estimate of drug-likeness (QED) is 0.580. The number of hydrogen-bond donors (Lipinski definition) is 0. The molecule has 0 unspecified atom stereocenters. The normalized spacial score (nSPS) is 10.8. The van der Waals surface area contributed by atoms with E-state index in [-0.39, 0.29) is 0 Å². The lowest BCUT2D eigenvalue weighted by Gasteiger charge is -2.05. The zero-order valence-electron chi connectivity index (χ0n) is 11.1. The molecule has 0 aliphatic heterocycles. The van der Waals surface area contributed by atoms with E-state index in [2.05, 4.69) is 61.7 Å². The average molecular weight is 284 g/mol. The third kappa shape index (κ3) is 2.80. The first-order chi connectivity index (χ1) is 9.22. The molecule has 3 aromatic rings. The van der Waals surface area contributed by atoms with Crippen LogP contribution in [-0.4, -0.2) is 0 Å². The number of aryl methyl sites for hydroxylation is 2. The highest BCUT2D eigenvalue weighted by molar-refractivity contribution is 7.21. The Bertz CT molecular complexity index is 675. The number of hydrogen-bond acceptors (Lipinski definition) is 2. The summed E-state index contributed by atoms with van der Waals surface area (Å²) in [5, 5.41) is 2.14. The Labute approximate surface area is 122 Å². The van der Waals surface area contributed by atoms with E-state index in [0.717, 1.165) is 6.42 Å². The summed E-state index contributed by atoms with van der Waals surface area (Å²) in [6, 6.07) is 15.5. The molecule has 0 fully saturated rings. The van der Waals surface area contributed by atoms with Gasteiger partial charge in [0, 0.05) is 21.1 Å². The molecule has 0 nitrogen and oxygen atoms in total. The van der Waals surface area contributed by atoms with Crippen LogP contribution in [0.25, 0.3) is 9.75 Å². The van der Waals surface area contributed by atoms with E-state index in [9.17, 15) is 0 Å². The molecular formula is C17H16S2. The van der Waals surface area contributed by atoms with E-state index in [1.54, 1.807) is 0 Å². The Hall–Kier alpha value is -1.38. The molecule has 3 rings (SSSR count). The number of rotatable bonds is 3. The molecule has 0 saturated carbocycles. The van der Waals surface area contributed by atoms with Crippen molar-refractivity contribution in [2.75, 3.05) is 0 Å². The summed E-state index contributed by atoms with van der Waals surface area (Å²) >= 11 is 3.72. The molecule has 0 amide bonds. The second-order valence-electron chi connectivity index (χ2n) is 4.85. The van der Waals surface area contributed by atoms with Crippen LogP contribution in [0.4, 0.5) is 0 Å². The van der Waals surface area contributed by atoms with Crippen LogP contribution in [0.2, 0.25) is 0 Å². The van der Waals surface area contributed by atoms with Crippen molar-refractivity contribution in [2.45, 2.75) is 20.3 Å². The van der Waals surface area contributed by atoms with Gasteiger partial charge in [0.25, 0.3) is 0 Å². The van der Waals surface area contributed by atoms with Gasteiger partial charge in [0.1, 0.15) is 0 Å². The van der Waals surface area contributed by atoms with E-state index in [4.69, 9.17) is 0 Å². The van der Waals surface area contributed by atoms with Crippen LogP contribution in [0.5, 0.6) is 0 Å². The van der Waals surface area contributed by atoms with Crippen LogP contribution >= 0.6 is 22.7 Å². The standard InChI is InChI=1S/C17H16S2/c1-12-5-6-13(2)14(10-12)11-15-7-8-17(19-15)16-4-3-9-18-16/h3-10H,11H2,1-2H3. The minimum absolute atomic E-state index is 1.05. The third-order valence-corrected chi connectivity index (χ3v) is 5.45. The second kappa shape index (κ2) is 5.32. The monoisotopic (exact) mass is 284 g/mol. The van der Waals surface area contributed by atoms with Gasteiger partial charge in [-0.3, -0.25) is 0 Å². The molecule has 0 spiro atoms. The van der Waals surface area contributed by atoms with Gasteiger partial charge >= 0.3 is 0 Å². The van der Waals surface area contributed by atoms with Crippen LogP contribution in [0.1, 0.15) is 21.6 Å². The van der Waals surface area contributed by atoms with Crippen molar-refractivity contribution >= 4 is 22.7 Å². The van der Waals surface area contributed by atoms with Crippen molar-refractivity contribution < 1.29 is 0 Å². The minimum atomic E-state index is 1.05. The van der Waals surface area contributed by atoms with Crippen molar-refractivity contribution in [1.29, 1.82) is 0 Å². The van der Waals surface area contributed by atoms with Gasteiger partial charge in [-0.2, -0.15) is 0 Å². The molecule has 96 valence electrons. The van der Waals surface area contributed by atoms with Crippen molar-refractivity contribution in [2.24, 2.45) is 0 Å². The Morgan fingerprint density at radius 1 is 0.947 bits per heavy atom. The predicted molar refractivity (Wildman–Crippen MR) is 86.4 cm³/mol. The zero-order chi connectivity index (χ0) is 13.2. The fourth-order valence-electron chi connectivity index (χ4n) is 2.20. The molecule has 0 saturated heterocycles. The molecule has 0 atom stereocenters. The maximum Gasteiger partial charge on any atom is 0.0445 e. The number of thiophene rings is 2. The van der Waals surface area contributed by atoms with Crippen molar-refractivity contribution in [3.05, 3.63) is 69.4 Å². The Balaban J connectivity index is 1.86. The fourth-order valence-corrected chi connectivity index (χ4v) is 4.07. The van der Waals surface area contributed by atoms with Gasteiger partial charge in [-0.1, -0.05) is 29.8 Å². The fraction of sp³-hybridized carbons (Fsp3) is 0.176. The van der Waals surface area contributed by atoms with Crippen LogP contribution in [0.15, 0.2) is 47.8 Å². The van der Waals surface area contributed by atoms with Gasteiger partial charge in [-0.25, -0.2) is 0 Å². The van der Waals surface area contributed by atoms with E-state index >= 15 is 0 Å². The average Bonchev–Trinajstić information content (AvgIpc) is 3.04. The predicted octanol–water partition coefficient (Wildman–Crippen LogP) is 5.68. The lowest BCUT2D eigenvalue weighted by Crippen LogP contribution is -1.90. The van der Waals surface area contributed by atoms with Gasteiger partial charge in [-0.15, -0.1) is 22.7 Å². The Kier molecular flexibility index (Phi) is 3.54. The first-order valence-corrected chi connectivity index (χ1v) is 8.11. The molecule has 1 aromatic carbocycles. The topological polar surface area (TPSA) is 0 Å². The van der Waals surface area contributed by atoms with E-state index in [0.29, 0.717) is 0 Å². The van der Waals surface area contributed by atoms with Gasteiger partial charge in [0.2, 0.25) is 0 Å². The lowest BCUT2D eigenvalue weighted by atomic mass is 10.0. The highest BCUT2D eigenvalue weighted by atomic mass is 32.1. The van der Waals surface area contributed by atoms with Gasteiger partial charge < -0.3 is 0 Å².